The standard InChI is InChI=1S/C8H20OSi/c1-6-7-8(9-2)10(3,4)5/h8H,6-7H2,1-5H3. The lowest BCUT2D eigenvalue weighted by Crippen LogP contribution is -2.39. The second-order valence-corrected chi connectivity index (χ2v) is 9.26. The van der Waals surface area contributed by atoms with E-state index in [1.54, 1.807) is 0 Å². The normalized spacial score (nSPS) is 15.3. The van der Waals surface area contributed by atoms with Gasteiger partial charge in [-0.05, 0) is 6.42 Å². The summed E-state index contributed by atoms with van der Waals surface area (Å²) in [7, 11) is 0.802. The topological polar surface area (TPSA) is 9.23 Å². The molecule has 0 radical (unpaired) electrons. The van der Waals surface area contributed by atoms with Crippen molar-refractivity contribution in [1.29, 1.82) is 0 Å². The molecule has 0 aromatic carbocycles. The number of ether oxygens (including phenoxy) is 1. The minimum absolute atomic E-state index is 0.553. The third kappa shape index (κ3) is 3.37. The van der Waals surface area contributed by atoms with Gasteiger partial charge < -0.3 is 4.74 Å². The summed E-state index contributed by atoms with van der Waals surface area (Å²) in [6.07, 6.45) is 2.47. The fourth-order valence-corrected chi connectivity index (χ4v) is 3.03. The van der Waals surface area contributed by atoms with Crippen LogP contribution < -0.4 is 0 Å². The van der Waals surface area contributed by atoms with Gasteiger partial charge in [0.15, 0.2) is 0 Å². The van der Waals surface area contributed by atoms with E-state index >= 15 is 0 Å². The quantitative estimate of drug-likeness (QED) is 0.575. The largest absolute Gasteiger partial charge is 0.385 e. The van der Waals surface area contributed by atoms with Crippen LogP contribution in [-0.2, 0) is 4.74 Å². The van der Waals surface area contributed by atoms with Crippen LogP contribution in [0, 0.1) is 0 Å². The first-order valence-electron chi connectivity index (χ1n) is 4.05. The number of rotatable bonds is 4. The van der Waals surface area contributed by atoms with E-state index in [-0.39, 0.29) is 0 Å². The van der Waals surface area contributed by atoms with Gasteiger partial charge in [0.1, 0.15) is 0 Å². The Balaban J connectivity index is 3.81. The van der Waals surface area contributed by atoms with Crippen LogP contribution in [0.25, 0.3) is 0 Å². The molecule has 0 rings (SSSR count). The van der Waals surface area contributed by atoms with E-state index in [9.17, 15) is 0 Å². The number of methoxy groups -OCH3 is 1. The Hall–Kier alpha value is 0.177. The third-order valence-electron chi connectivity index (χ3n) is 1.80. The van der Waals surface area contributed by atoms with Crippen LogP contribution in [0.1, 0.15) is 19.8 Å². The first-order valence-corrected chi connectivity index (χ1v) is 7.63. The average Bonchev–Trinajstić information content (AvgIpc) is 1.80. The second-order valence-electron chi connectivity index (χ2n) is 3.88. The van der Waals surface area contributed by atoms with Crippen molar-refractivity contribution in [3.63, 3.8) is 0 Å². The van der Waals surface area contributed by atoms with Gasteiger partial charge in [-0.3, -0.25) is 0 Å². The van der Waals surface area contributed by atoms with Gasteiger partial charge in [0.2, 0.25) is 0 Å². The molecule has 10 heavy (non-hydrogen) atoms. The zero-order valence-corrected chi connectivity index (χ0v) is 8.90. The number of hydrogen-bond donors (Lipinski definition) is 0. The van der Waals surface area contributed by atoms with E-state index in [4.69, 9.17) is 4.74 Å². The van der Waals surface area contributed by atoms with E-state index < -0.39 is 8.07 Å². The Bertz CT molecular complexity index is 85.7. The molecule has 0 saturated carbocycles. The molecule has 1 nitrogen and oxygen atoms in total. The highest BCUT2D eigenvalue weighted by atomic mass is 28.3. The Morgan fingerprint density at radius 2 is 1.80 bits per heavy atom. The van der Waals surface area contributed by atoms with Gasteiger partial charge in [0, 0.05) is 12.8 Å². The van der Waals surface area contributed by atoms with Gasteiger partial charge in [-0.15, -0.1) is 0 Å². The van der Waals surface area contributed by atoms with E-state index in [1.807, 2.05) is 7.11 Å². The van der Waals surface area contributed by atoms with Crippen LogP contribution in [0.3, 0.4) is 0 Å². The molecule has 0 spiro atoms. The monoisotopic (exact) mass is 160 g/mol. The summed E-state index contributed by atoms with van der Waals surface area (Å²) in [4.78, 5) is 0. The molecule has 0 aromatic heterocycles. The van der Waals surface area contributed by atoms with Crippen LogP contribution in [0.4, 0.5) is 0 Å². The molecule has 0 aliphatic rings. The highest BCUT2D eigenvalue weighted by molar-refractivity contribution is 6.77. The Morgan fingerprint density at radius 1 is 1.30 bits per heavy atom. The molecule has 2 heteroatoms. The van der Waals surface area contributed by atoms with Crippen molar-refractivity contribution >= 4 is 8.07 Å². The van der Waals surface area contributed by atoms with E-state index in [0.29, 0.717) is 5.73 Å². The first-order chi connectivity index (χ1) is 4.52. The molecule has 0 fully saturated rings. The van der Waals surface area contributed by atoms with Crippen molar-refractivity contribution < 1.29 is 4.74 Å². The minimum atomic E-state index is -1.03. The first kappa shape index (κ1) is 10.2. The number of hydrogen-bond acceptors (Lipinski definition) is 1. The Labute approximate surface area is 65.8 Å². The average molecular weight is 160 g/mol. The van der Waals surface area contributed by atoms with Gasteiger partial charge in [0.05, 0.1) is 8.07 Å². The van der Waals surface area contributed by atoms with Gasteiger partial charge in [-0.2, -0.15) is 0 Å². The molecule has 1 atom stereocenters. The van der Waals surface area contributed by atoms with Crippen molar-refractivity contribution in [2.24, 2.45) is 0 Å². The zero-order chi connectivity index (χ0) is 8.20. The zero-order valence-electron chi connectivity index (χ0n) is 7.90. The molecule has 62 valence electrons. The highest BCUT2D eigenvalue weighted by Crippen LogP contribution is 2.15. The maximum Gasteiger partial charge on any atom is 0.0785 e. The summed E-state index contributed by atoms with van der Waals surface area (Å²) < 4.78 is 5.42. The third-order valence-corrected chi connectivity index (χ3v) is 4.26. The Kier molecular flexibility index (Phi) is 4.21. The summed E-state index contributed by atoms with van der Waals surface area (Å²) in [5.41, 5.74) is 0.553. The van der Waals surface area contributed by atoms with E-state index in [2.05, 4.69) is 26.6 Å². The SMILES string of the molecule is CCCC(OC)[Si](C)(C)C. The summed E-state index contributed by atoms with van der Waals surface area (Å²) in [5.74, 6) is 0. The fourth-order valence-electron chi connectivity index (χ4n) is 1.17. The maximum atomic E-state index is 5.42. The van der Waals surface area contributed by atoms with E-state index in [0.717, 1.165) is 0 Å². The van der Waals surface area contributed by atoms with Crippen molar-refractivity contribution in [3.8, 4) is 0 Å². The van der Waals surface area contributed by atoms with Crippen molar-refractivity contribution in [2.45, 2.75) is 45.1 Å². The predicted octanol–water partition coefficient (Wildman–Crippen LogP) is 2.68. The van der Waals surface area contributed by atoms with Crippen LogP contribution in [0.2, 0.25) is 19.6 Å². The minimum Gasteiger partial charge on any atom is -0.385 e. The highest BCUT2D eigenvalue weighted by Gasteiger charge is 2.25. The van der Waals surface area contributed by atoms with Crippen molar-refractivity contribution in [3.05, 3.63) is 0 Å². The van der Waals surface area contributed by atoms with Crippen LogP contribution in [-0.4, -0.2) is 20.9 Å². The Morgan fingerprint density at radius 3 is 1.90 bits per heavy atom. The summed E-state index contributed by atoms with van der Waals surface area (Å²) in [5, 5.41) is 0. The molecule has 1 unspecified atom stereocenters. The van der Waals surface area contributed by atoms with Gasteiger partial charge in [-0.1, -0.05) is 33.0 Å². The molecule has 0 heterocycles. The summed E-state index contributed by atoms with van der Waals surface area (Å²) in [6.45, 7) is 9.29. The molecule has 0 aliphatic heterocycles. The van der Waals surface area contributed by atoms with Gasteiger partial charge >= 0.3 is 0 Å². The lowest BCUT2D eigenvalue weighted by atomic mass is 10.4. The van der Waals surface area contributed by atoms with Crippen LogP contribution >= 0.6 is 0 Å². The van der Waals surface area contributed by atoms with Gasteiger partial charge in [0.25, 0.3) is 0 Å². The maximum absolute atomic E-state index is 5.42. The molecule has 0 N–H and O–H groups in total. The fraction of sp³-hybridized carbons (Fsp3) is 1.00. The van der Waals surface area contributed by atoms with Gasteiger partial charge in [-0.25, -0.2) is 0 Å². The van der Waals surface area contributed by atoms with Crippen molar-refractivity contribution in [2.75, 3.05) is 7.11 Å². The molecule has 0 aromatic rings. The van der Waals surface area contributed by atoms with Crippen LogP contribution in [0.15, 0.2) is 0 Å². The lowest BCUT2D eigenvalue weighted by molar-refractivity contribution is 0.150. The molecular formula is C8H20OSi. The molecule has 0 bridgehead atoms. The molecule has 0 aliphatic carbocycles. The van der Waals surface area contributed by atoms with E-state index in [1.165, 1.54) is 12.8 Å². The predicted molar refractivity (Wildman–Crippen MR) is 49.1 cm³/mol. The summed E-state index contributed by atoms with van der Waals surface area (Å²) in [6, 6.07) is 0. The lowest BCUT2D eigenvalue weighted by Gasteiger charge is -2.26. The summed E-state index contributed by atoms with van der Waals surface area (Å²) >= 11 is 0. The second kappa shape index (κ2) is 4.14. The molecule has 0 saturated heterocycles. The smallest absolute Gasteiger partial charge is 0.0785 e. The van der Waals surface area contributed by atoms with Crippen LogP contribution in [0.5, 0.6) is 0 Å². The molecule has 0 amide bonds. The molecular weight excluding hydrogens is 140 g/mol. The van der Waals surface area contributed by atoms with Crippen molar-refractivity contribution in [1.82, 2.24) is 0 Å².